The second kappa shape index (κ2) is 7.59. The molecule has 0 spiro atoms. The molecule has 0 unspecified atom stereocenters. The Morgan fingerprint density at radius 1 is 1.09 bits per heavy atom. The number of carboxylic acid groups (broad SMARTS) is 1. The highest BCUT2D eigenvalue weighted by molar-refractivity contribution is 5.83. The number of aliphatic carboxylic acids is 1. The van der Waals surface area contributed by atoms with Gasteiger partial charge in [-0.3, -0.25) is 9.59 Å². The van der Waals surface area contributed by atoms with Crippen LogP contribution in [0.5, 0.6) is 0 Å². The van der Waals surface area contributed by atoms with Crippen molar-refractivity contribution in [2.45, 2.75) is 26.2 Å². The van der Waals surface area contributed by atoms with Gasteiger partial charge in [0.15, 0.2) is 0 Å². The zero-order valence-electron chi connectivity index (χ0n) is 12.8. The minimum Gasteiger partial charge on any atom is -0.480 e. The fourth-order valence-electron chi connectivity index (χ4n) is 2.54. The minimum atomic E-state index is -0.968. The number of carbonyl (C=O) groups is 2. The van der Waals surface area contributed by atoms with Crippen LogP contribution in [-0.2, 0) is 16.0 Å². The van der Waals surface area contributed by atoms with Crippen molar-refractivity contribution in [2.75, 3.05) is 13.1 Å². The van der Waals surface area contributed by atoms with Gasteiger partial charge in [0, 0.05) is 13.0 Å². The van der Waals surface area contributed by atoms with Gasteiger partial charge in [0.25, 0.3) is 0 Å². The van der Waals surface area contributed by atoms with Crippen LogP contribution < -0.4 is 0 Å². The lowest BCUT2D eigenvalue weighted by Gasteiger charge is -2.18. The molecule has 0 saturated carbocycles. The summed E-state index contributed by atoms with van der Waals surface area (Å²) < 4.78 is 0. The van der Waals surface area contributed by atoms with Crippen LogP contribution in [0.25, 0.3) is 10.8 Å². The van der Waals surface area contributed by atoms with Crippen molar-refractivity contribution in [1.29, 1.82) is 0 Å². The Hall–Kier alpha value is -2.36. The first-order valence-corrected chi connectivity index (χ1v) is 7.57. The molecule has 2 aromatic carbocycles. The summed E-state index contributed by atoms with van der Waals surface area (Å²) in [5.41, 5.74) is 1.20. The molecular weight excluding hydrogens is 278 g/mol. The monoisotopic (exact) mass is 299 g/mol. The molecule has 1 N–H and O–H groups in total. The highest BCUT2D eigenvalue weighted by Gasteiger charge is 2.14. The topological polar surface area (TPSA) is 57.6 Å². The summed E-state index contributed by atoms with van der Waals surface area (Å²) >= 11 is 0. The van der Waals surface area contributed by atoms with Gasteiger partial charge in [-0.15, -0.1) is 0 Å². The van der Waals surface area contributed by atoms with Crippen LogP contribution >= 0.6 is 0 Å². The van der Waals surface area contributed by atoms with Crippen molar-refractivity contribution < 1.29 is 14.7 Å². The van der Waals surface area contributed by atoms with Crippen LogP contribution in [0, 0.1) is 0 Å². The summed E-state index contributed by atoms with van der Waals surface area (Å²) in [5.74, 6) is -1.06. The standard InChI is InChI=1S/C18H21NO3/c1-2-19(13-18(21)22)17(20)9-5-6-14-10-11-15-7-3-4-8-16(15)12-14/h3-4,7-8,10-12H,2,5-6,9,13H2,1H3,(H,21,22). The van der Waals surface area contributed by atoms with E-state index in [9.17, 15) is 9.59 Å². The van der Waals surface area contributed by atoms with Crippen LogP contribution in [0.4, 0.5) is 0 Å². The van der Waals surface area contributed by atoms with E-state index >= 15 is 0 Å². The summed E-state index contributed by atoms with van der Waals surface area (Å²) in [6.07, 6.45) is 1.93. The van der Waals surface area contributed by atoms with E-state index in [0.717, 1.165) is 12.8 Å². The minimum absolute atomic E-state index is 0.0920. The van der Waals surface area contributed by atoms with Gasteiger partial charge in [0.05, 0.1) is 0 Å². The van der Waals surface area contributed by atoms with E-state index < -0.39 is 5.97 Å². The van der Waals surface area contributed by atoms with Gasteiger partial charge in [-0.1, -0.05) is 42.5 Å². The maximum atomic E-state index is 12.0. The van der Waals surface area contributed by atoms with Gasteiger partial charge in [-0.2, -0.15) is 0 Å². The number of hydrogen-bond acceptors (Lipinski definition) is 2. The smallest absolute Gasteiger partial charge is 0.323 e. The van der Waals surface area contributed by atoms with E-state index in [1.807, 2.05) is 12.1 Å². The number of hydrogen-bond donors (Lipinski definition) is 1. The van der Waals surface area contributed by atoms with Gasteiger partial charge in [0.1, 0.15) is 6.54 Å². The Labute approximate surface area is 130 Å². The van der Waals surface area contributed by atoms with Crippen molar-refractivity contribution in [1.82, 2.24) is 4.90 Å². The Morgan fingerprint density at radius 2 is 1.82 bits per heavy atom. The highest BCUT2D eigenvalue weighted by atomic mass is 16.4. The third-order valence-corrected chi connectivity index (χ3v) is 3.73. The van der Waals surface area contributed by atoms with E-state index in [0.29, 0.717) is 13.0 Å². The lowest BCUT2D eigenvalue weighted by Crippen LogP contribution is -2.35. The first-order chi connectivity index (χ1) is 10.6. The molecule has 0 aliphatic rings. The molecule has 1 amide bonds. The largest absolute Gasteiger partial charge is 0.480 e. The van der Waals surface area contributed by atoms with E-state index in [2.05, 4.69) is 30.3 Å². The molecule has 4 nitrogen and oxygen atoms in total. The van der Waals surface area contributed by atoms with Crippen LogP contribution in [0.15, 0.2) is 42.5 Å². The van der Waals surface area contributed by atoms with Crippen LogP contribution in [0.1, 0.15) is 25.3 Å². The molecule has 2 aromatic rings. The Balaban J connectivity index is 1.89. The Kier molecular flexibility index (Phi) is 5.53. The number of fused-ring (bicyclic) bond motifs is 1. The molecule has 0 heterocycles. The summed E-state index contributed by atoms with van der Waals surface area (Å²) in [6.45, 7) is 2.01. The molecule has 0 saturated heterocycles. The Bertz CT molecular complexity index is 666. The SMILES string of the molecule is CCN(CC(=O)O)C(=O)CCCc1ccc2ccccc2c1. The molecule has 0 atom stereocenters. The number of aryl methyl sites for hydroxylation is 1. The number of benzene rings is 2. The molecule has 0 radical (unpaired) electrons. The quantitative estimate of drug-likeness (QED) is 0.854. The molecule has 0 aliphatic heterocycles. The third kappa shape index (κ3) is 4.32. The zero-order chi connectivity index (χ0) is 15.9. The average molecular weight is 299 g/mol. The number of amides is 1. The number of rotatable bonds is 7. The van der Waals surface area contributed by atoms with Crippen molar-refractivity contribution in [2.24, 2.45) is 0 Å². The molecular formula is C18H21NO3. The molecule has 0 bridgehead atoms. The first-order valence-electron chi connectivity index (χ1n) is 7.57. The molecule has 0 fully saturated rings. The highest BCUT2D eigenvalue weighted by Crippen LogP contribution is 2.17. The molecule has 0 aliphatic carbocycles. The third-order valence-electron chi connectivity index (χ3n) is 3.73. The lowest BCUT2D eigenvalue weighted by atomic mass is 10.0. The normalized spacial score (nSPS) is 10.6. The van der Waals surface area contributed by atoms with Gasteiger partial charge in [-0.25, -0.2) is 0 Å². The van der Waals surface area contributed by atoms with E-state index in [4.69, 9.17) is 5.11 Å². The molecule has 0 aromatic heterocycles. The average Bonchev–Trinajstić information content (AvgIpc) is 2.52. The number of carboxylic acids is 1. The predicted molar refractivity (Wildman–Crippen MR) is 86.8 cm³/mol. The van der Waals surface area contributed by atoms with E-state index in [1.54, 1.807) is 6.92 Å². The lowest BCUT2D eigenvalue weighted by molar-refractivity contribution is -0.144. The van der Waals surface area contributed by atoms with Crippen molar-refractivity contribution in [3.63, 3.8) is 0 Å². The molecule has 4 heteroatoms. The maximum absolute atomic E-state index is 12.0. The molecule has 2 rings (SSSR count). The van der Waals surface area contributed by atoms with Gasteiger partial charge in [-0.05, 0) is 36.1 Å². The summed E-state index contributed by atoms with van der Waals surface area (Å²) in [6, 6.07) is 14.5. The maximum Gasteiger partial charge on any atom is 0.323 e. The second-order valence-electron chi connectivity index (χ2n) is 5.34. The number of likely N-dealkylation sites (N-methyl/N-ethyl adjacent to an activating group) is 1. The summed E-state index contributed by atoms with van der Waals surface area (Å²) in [4.78, 5) is 24.1. The second-order valence-corrected chi connectivity index (χ2v) is 5.34. The van der Waals surface area contributed by atoms with Crippen molar-refractivity contribution in [3.05, 3.63) is 48.0 Å². The van der Waals surface area contributed by atoms with E-state index in [1.165, 1.54) is 21.2 Å². The predicted octanol–water partition coefficient (Wildman–Crippen LogP) is 3.10. The van der Waals surface area contributed by atoms with Crippen LogP contribution in [0.2, 0.25) is 0 Å². The van der Waals surface area contributed by atoms with Gasteiger partial charge < -0.3 is 10.0 Å². The van der Waals surface area contributed by atoms with Crippen LogP contribution in [-0.4, -0.2) is 35.0 Å². The van der Waals surface area contributed by atoms with Crippen molar-refractivity contribution in [3.8, 4) is 0 Å². The van der Waals surface area contributed by atoms with Gasteiger partial charge in [0.2, 0.25) is 5.91 Å². The van der Waals surface area contributed by atoms with E-state index in [-0.39, 0.29) is 12.5 Å². The zero-order valence-corrected chi connectivity index (χ0v) is 12.8. The summed E-state index contributed by atoms with van der Waals surface area (Å²) in [7, 11) is 0. The first kappa shape index (κ1) is 16.0. The van der Waals surface area contributed by atoms with Crippen LogP contribution in [0.3, 0.4) is 0 Å². The number of carbonyl (C=O) groups excluding carboxylic acids is 1. The number of nitrogens with zero attached hydrogens (tertiary/aromatic N) is 1. The summed E-state index contributed by atoms with van der Waals surface area (Å²) in [5, 5.41) is 11.2. The molecule has 116 valence electrons. The van der Waals surface area contributed by atoms with Gasteiger partial charge >= 0.3 is 5.97 Å². The van der Waals surface area contributed by atoms with Crippen molar-refractivity contribution >= 4 is 22.6 Å². The fraction of sp³-hybridized carbons (Fsp3) is 0.333. The Morgan fingerprint density at radius 3 is 2.50 bits per heavy atom. The fourth-order valence-corrected chi connectivity index (χ4v) is 2.54. The molecule has 22 heavy (non-hydrogen) atoms.